The Morgan fingerprint density at radius 3 is 2.75 bits per heavy atom. The number of anilines is 1. The van der Waals surface area contributed by atoms with E-state index in [1.54, 1.807) is 10.7 Å². The molecule has 0 aliphatic heterocycles. The second-order valence-electron chi connectivity index (χ2n) is 4.68. The maximum Gasteiger partial charge on any atom is 0.0856 e. The Morgan fingerprint density at radius 1 is 1.40 bits per heavy atom. The summed E-state index contributed by atoms with van der Waals surface area (Å²) in [5.74, 6) is 0.345. The molecule has 4 nitrogen and oxygen atoms in total. The van der Waals surface area contributed by atoms with Crippen LogP contribution in [-0.2, 0) is 23.1 Å². The molecule has 0 aliphatic rings. The second kappa shape index (κ2) is 5.97. The Morgan fingerprint density at radius 2 is 2.10 bits per heavy atom. The molecule has 0 spiro atoms. The lowest BCUT2D eigenvalue weighted by Gasteiger charge is -2.09. The van der Waals surface area contributed by atoms with Gasteiger partial charge in [-0.3, -0.25) is 8.89 Å². The highest BCUT2D eigenvalue weighted by Gasteiger charge is 2.17. The van der Waals surface area contributed by atoms with Gasteiger partial charge in [0, 0.05) is 17.1 Å². The molecular weight excluding hydrogens is 294 g/mol. The maximum absolute atomic E-state index is 12.6. The lowest BCUT2D eigenvalue weighted by molar-refractivity contribution is 0.627. The van der Waals surface area contributed by atoms with E-state index in [1.165, 1.54) is 0 Å². The zero-order valence-electron chi connectivity index (χ0n) is 11.8. The van der Waals surface area contributed by atoms with E-state index in [9.17, 15) is 4.21 Å². The number of halogens is 1. The predicted molar refractivity (Wildman–Crippen MR) is 83.4 cm³/mol. The van der Waals surface area contributed by atoms with Gasteiger partial charge in [0.2, 0.25) is 0 Å². The number of hydrogen-bond acceptors (Lipinski definition) is 3. The van der Waals surface area contributed by atoms with Crippen molar-refractivity contribution in [2.75, 3.05) is 5.73 Å². The van der Waals surface area contributed by atoms with E-state index < -0.39 is 10.8 Å². The highest BCUT2D eigenvalue weighted by Crippen LogP contribution is 2.25. The minimum Gasteiger partial charge on any atom is -0.399 e. The number of hydrogen-bond donors (Lipinski definition) is 1. The average Bonchev–Trinajstić information content (AvgIpc) is 2.69. The first-order valence-electron chi connectivity index (χ1n) is 6.40. The van der Waals surface area contributed by atoms with Crippen LogP contribution in [-0.4, -0.2) is 14.0 Å². The van der Waals surface area contributed by atoms with Gasteiger partial charge in [0.25, 0.3) is 0 Å². The summed E-state index contributed by atoms with van der Waals surface area (Å²) < 4.78 is 14.4. The smallest absolute Gasteiger partial charge is 0.0856 e. The van der Waals surface area contributed by atoms with E-state index in [0.29, 0.717) is 23.0 Å². The molecule has 2 rings (SSSR count). The lowest BCUT2D eigenvalue weighted by Crippen LogP contribution is -2.07. The molecule has 0 radical (unpaired) electrons. The van der Waals surface area contributed by atoms with E-state index in [-0.39, 0.29) is 0 Å². The monoisotopic (exact) mass is 311 g/mol. The zero-order valence-corrected chi connectivity index (χ0v) is 13.4. The van der Waals surface area contributed by atoms with Crippen molar-refractivity contribution >= 4 is 28.1 Å². The van der Waals surface area contributed by atoms with Crippen molar-refractivity contribution < 1.29 is 4.21 Å². The van der Waals surface area contributed by atoms with Crippen molar-refractivity contribution in [2.24, 2.45) is 0 Å². The van der Waals surface area contributed by atoms with Crippen molar-refractivity contribution in [2.45, 2.75) is 38.0 Å². The van der Waals surface area contributed by atoms with Crippen molar-refractivity contribution in [1.29, 1.82) is 0 Å². The highest BCUT2D eigenvalue weighted by atomic mass is 35.5. The first-order chi connectivity index (χ1) is 9.43. The minimum absolute atomic E-state index is 0.345. The molecule has 1 atom stereocenters. The van der Waals surface area contributed by atoms with Crippen LogP contribution in [0, 0.1) is 13.8 Å². The number of nitrogens with zero attached hydrogens (tertiary/aromatic N) is 2. The van der Waals surface area contributed by atoms with Gasteiger partial charge in [-0.2, -0.15) is 5.10 Å². The fraction of sp³-hybridized carbons (Fsp3) is 0.357. The molecule has 108 valence electrons. The molecule has 0 amide bonds. The zero-order chi connectivity index (χ0) is 14.9. The topological polar surface area (TPSA) is 60.9 Å². The van der Waals surface area contributed by atoms with Crippen LogP contribution in [0.2, 0.25) is 5.02 Å². The summed E-state index contributed by atoms with van der Waals surface area (Å²) in [4.78, 5) is 0.752. The van der Waals surface area contributed by atoms with E-state index in [0.717, 1.165) is 21.8 Å². The number of aryl methyl sites for hydroxylation is 3. The van der Waals surface area contributed by atoms with Gasteiger partial charge < -0.3 is 5.73 Å². The maximum atomic E-state index is 12.6. The minimum atomic E-state index is -1.19. The normalized spacial score (nSPS) is 12.6. The average molecular weight is 312 g/mol. The molecule has 2 N–H and O–H groups in total. The van der Waals surface area contributed by atoms with Crippen LogP contribution in [0.15, 0.2) is 23.1 Å². The third-order valence-corrected chi connectivity index (χ3v) is 5.14. The summed E-state index contributed by atoms with van der Waals surface area (Å²) in [5, 5.41) is 4.94. The molecule has 0 saturated carbocycles. The fourth-order valence-electron chi connectivity index (χ4n) is 2.07. The van der Waals surface area contributed by atoms with Gasteiger partial charge in [-0.1, -0.05) is 17.7 Å². The number of aromatic nitrogens is 2. The standard InChI is InChI=1S/C14H18ClN3OS/c1-4-18-12(14(15)10(3)17-18)8-20(19)13-7-11(16)6-5-9(13)2/h5-7H,4,8,16H2,1-3H3. The Kier molecular flexibility index (Phi) is 4.50. The Balaban J connectivity index is 2.35. The predicted octanol–water partition coefficient (Wildman–Crippen LogP) is 3.06. The SMILES string of the molecule is CCn1nc(C)c(Cl)c1CS(=O)c1cc(N)ccc1C. The molecule has 0 aliphatic carbocycles. The molecule has 1 unspecified atom stereocenters. The van der Waals surface area contributed by atoms with Gasteiger partial charge in [0.05, 0.1) is 33.0 Å². The van der Waals surface area contributed by atoms with Crippen molar-refractivity contribution in [3.05, 3.63) is 40.2 Å². The summed E-state index contributed by atoms with van der Waals surface area (Å²) in [5.41, 5.74) is 8.93. The van der Waals surface area contributed by atoms with Crippen LogP contribution >= 0.6 is 11.6 Å². The molecule has 1 aromatic heterocycles. The molecule has 1 heterocycles. The van der Waals surface area contributed by atoms with Gasteiger partial charge in [0.1, 0.15) is 0 Å². The van der Waals surface area contributed by atoms with Gasteiger partial charge in [-0.15, -0.1) is 0 Å². The van der Waals surface area contributed by atoms with Crippen LogP contribution in [0.3, 0.4) is 0 Å². The van der Waals surface area contributed by atoms with E-state index >= 15 is 0 Å². The second-order valence-corrected chi connectivity index (χ2v) is 6.47. The van der Waals surface area contributed by atoms with Gasteiger partial charge >= 0.3 is 0 Å². The largest absolute Gasteiger partial charge is 0.399 e. The summed E-state index contributed by atoms with van der Waals surface area (Å²) in [6, 6.07) is 5.45. The van der Waals surface area contributed by atoms with Crippen LogP contribution in [0.5, 0.6) is 0 Å². The fourth-order valence-corrected chi connectivity index (χ4v) is 3.74. The number of nitrogen functional groups attached to an aromatic ring is 1. The summed E-state index contributed by atoms with van der Waals surface area (Å²) >= 11 is 6.25. The Bertz CT molecular complexity index is 667. The van der Waals surface area contributed by atoms with Crippen molar-refractivity contribution in [3.8, 4) is 0 Å². The highest BCUT2D eigenvalue weighted by molar-refractivity contribution is 7.84. The molecule has 2 aromatic rings. The van der Waals surface area contributed by atoms with Crippen molar-refractivity contribution in [3.63, 3.8) is 0 Å². The summed E-state index contributed by atoms with van der Waals surface area (Å²) in [6.07, 6.45) is 0. The molecule has 0 saturated heterocycles. The Hall–Kier alpha value is -1.33. The van der Waals surface area contributed by atoms with Crippen LogP contribution in [0.4, 0.5) is 5.69 Å². The van der Waals surface area contributed by atoms with Crippen LogP contribution in [0.1, 0.15) is 23.9 Å². The summed E-state index contributed by atoms with van der Waals surface area (Å²) in [6.45, 7) is 6.47. The third kappa shape index (κ3) is 2.88. The summed E-state index contributed by atoms with van der Waals surface area (Å²) in [7, 11) is -1.19. The number of rotatable bonds is 4. The lowest BCUT2D eigenvalue weighted by atomic mass is 10.2. The van der Waals surface area contributed by atoms with Gasteiger partial charge in [-0.05, 0) is 38.5 Å². The number of nitrogens with two attached hydrogens (primary N) is 1. The molecule has 0 bridgehead atoms. The first kappa shape index (κ1) is 15.1. The van der Waals surface area contributed by atoms with E-state index in [4.69, 9.17) is 17.3 Å². The van der Waals surface area contributed by atoms with E-state index in [1.807, 2.05) is 32.9 Å². The van der Waals surface area contributed by atoms with Gasteiger partial charge in [-0.25, -0.2) is 0 Å². The van der Waals surface area contributed by atoms with E-state index in [2.05, 4.69) is 5.10 Å². The first-order valence-corrected chi connectivity index (χ1v) is 8.10. The quantitative estimate of drug-likeness (QED) is 0.883. The van der Waals surface area contributed by atoms with Crippen LogP contribution in [0.25, 0.3) is 0 Å². The molecule has 20 heavy (non-hydrogen) atoms. The van der Waals surface area contributed by atoms with Crippen LogP contribution < -0.4 is 5.73 Å². The number of benzene rings is 1. The molecular formula is C14H18ClN3OS. The van der Waals surface area contributed by atoms with Gasteiger partial charge in [0.15, 0.2) is 0 Å². The molecule has 0 fully saturated rings. The molecule has 6 heteroatoms. The third-order valence-electron chi connectivity index (χ3n) is 3.18. The Labute approximate surface area is 126 Å². The van der Waals surface area contributed by atoms with Crippen molar-refractivity contribution in [1.82, 2.24) is 9.78 Å². The molecule has 1 aromatic carbocycles.